The van der Waals surface area contributed by atoms with Crippen molar-refractivity contribution in [2.75, 3.05) is 7.11 Å². The third kappa shape index (κ3) is 8.63. The van der Waals surface area contributed by atoms with E-state index < -0.39 is 0 Å². The Hall–Kier alpha value is -2.49. The second-order valence-corrected chi connectivity index (χ2v) is 6.79. The lowest BCUT2D eigenvalue weighted by Crippen LogP contribution is -1.91. The van der Waals surface area contributed by atoms with Crippen LogP contribution in [0.1, 0.15) is 62.9 Å². The third-order valence-electron chi connectivity index (χ3n) is 3.91. The summed E-state index contributed by atoms with van der Waals surface area (Å²) in [5.74, 6) is 1.04. The molecule has 0 aliphatic carbocycles. The van der Waals surface area contributed by atoms with Gasteiger partial charge in [-0.05, 0) is 55.0 Å². The molecule has 4 heteroatoms. The average Bonchev–Trinajstić information content (AvgIpc) is 2.65. The van der Waals surface area contributed by atoms with Gasteiger partial charge in [0.15, 0.2) is 5.78 Å². The van der Waals surface area contributed by atoms with Crippen molar-refractivity contribution in [1.82, 2.24) is 4.98 Å². The Morgan fingerprint density at radius 1 is 1.22 bits per heavy atom. The van der Waals surface area contributed by atoms with Gasteiger partial charge in [0.05, 0.1) is 13.3 Å². The van der Waals surface area contributed by atoms with Gasteiger partial charge in [0.1, 0.15) is 11.6 Å². The Balaban J connectivity index is 0.000000309. The van der Waals surface area contributed by atoms with E-state index in [9.17, 15) is 9.18 Å². The normalized spacial score (nSPS) is 11.0. The predicted molar refractivity (Wildman–Crippen MR) is 110 cm³/mol. The molecule has 0 saturated heterocycles. The lowest BCUT2D eigenvalue weighted by Gasteiger charge is -2.09. The van der Waals surface area contributed by atoms with Gasteiger partial charge >= 0.3 is 0 Å². The Labute approximate surface area is 162 Å². The largest absolute Gasteiger partial charge is 0.495 e. The predicted octanol–water partition coefficient (Wildman–Crippen LogP) is 6.35. The SMILES string of the molecule is CC(=O)c1cccc(F)c1.CCC/C(=C/CC(C)C)c1cncc(OC)c1. The van der Waals surface area contributed by atoms with E-state index in [1.807, 2.05) is 6.20 Å². The van der Waals surface area contributed by atoms with E-state index in [1.165, 1.54) is 36.3 Å². The second kappa shape index (κ2) is 12.0. The van der Waals surface area contributed by atoms with Crippen LogP contribution >= 0.6 is 0 Å². The minimum atomic E-state index is -0.368. The number of rotatable bonds is 7. The third-order valence-corrected chi connectivity index (χ3v) is 3.91. The van der Waals surface area contributed by atoms with Crippen LogP contribution < -0.4 is 4.74 Å². The van der Waals surface area contributed by atoms with E-state index in [2.05, 4.69) is 37.9 Å². The second-order valence-electron chi connectivity index (χ2n) is 6.79. The molecule has 0 N–H and O–H groups in total. The Morgan fingerprint density at radius 3 is 2.48 bits per heavy atom. The molecule has 0 radical (unpaired) electrons. The van der Waals surface area contributed by atoms with Gasteiger partial charge in [-0.15, -0.1) is 0 Å². The number of nitrogens with zero attached hydrogens (tertiary/aromatic N) is 1. The maximum Gasteiger partial charge on any atom is 0.159 e. The van der Waals surface area contributed by atoms with Gasteiger partial charge in [-0.3, -0.25) is 9.78 Å². The summed E-state index contributed by atoms with van der Waals surface area (Å²) < 4.78 is 17.6. The number of methoxy groups -OCH3 is 1. The van der Waals surface area contributed by atoms with Gasteiger partial charge in [0.25, 0.3) is 0 Å². The molecule has 146 valence electrons. The standard InChI is InChI=1S/C15H23NO.C8H7FO/c1-5-6-13(8-7-12(2)3)14-9-15(17-4)11-16-10-14;1-6(10)7-3-2-4-8(9)5-7/h8-12H,5-7H2,1-4H3;2-5H,1H3/b13-8-;. The van der Waals surface area contributed by atoms with Crippen molar-refractivity contribution >= 4 is 11.4 Å². The number of pyridine rings is 1. The van der Waals surface area contributed by atoms with Crippen LogP contribution in [0.2, 0.25) is 0 Å². The van der Waals surface area contributed by atoms with E-state index in [1.54, 1.807) is 19.4 Å². The molecule has 0 saturated carbocycles. The zero-order valence-corrected chi connectivity index (χ0v) is 17.0. The number of ketones is 1. The van der Waals surface area contributed by atoms with Crippen molar-refractivity contribution in [3.8, 4) is 5.75 Å². The zero-order valence-electron chi connectivity index (χ0n) is 17.0. The molecule has 2 rings (SSSR count). The zero-order chi connectivity index (χ0) is 20.2. The maximum atomic E-state index is 12.4. The first-order chi connectivity index (χ1) is 12.9. The van der Waals surface area contributed by atoms with Crippen LogP contribution in [0.3, 0.4) is 0 Å². The van der Waals surface area contributed by atoms with Crippen molar-refractivity contribution in [1.29, 1.82) is 0 Å². The number of allylic oxidation sites excluding steroid dienone is 2. The fourth-order valence-electron chi connectivity index (χ4n) is 2.43. The average molecular weight is 371 g/mol. The molecule has 1 heterocycles. The summed E-state index contributed by atoms with van der Waals surface area (Å²) in [6.07, 6.45) is 9.37. The first kappa shape index (κ1) is 22.6. The van der Waals surface area contributed by atoms with Crippen molar-refractivity contribution in [2.24, 2.45) is 5.92 Å². The number of halogens is 1. The Kier molecular flexibility index (Phi) is 10.0. The molecule has 0 unspecified atom stereocenters. The van der Waals surface area contributed by atoms with Crippen LogP contribution in [0.15, 0.2) is 48.8 Å². The molecule has 0 spiro atoms. The van der Waals surface area contributed by atoms with Gasteiger partial charge in [0.2, 0.25) is 0 Å². The number of ether oxygens (including phenoxy) is 1. The van der Waals surface area contributed by atoms with Crippen molar-refractivity contribution < 1.29 is 13.9 Å². The molecule has 0 atom stereocenters. The van der Waals surface area contributed by atoms with Gasteiger partial charge in [-0.2, -0.15) is 0 Å². The monoisotopic (exact) mass is 371 g/mol. The van der Waals surface area contributed by atoms with Crippen molar-refractivity contribution in [2.45, 2.75) is 47.0 Å². The first-order valence-corrected chi connectivity index (χ1v) is 9.32. The molecule has 1 aromatic heterocycles. The number of aromatic nitrogens is 1. The topological polar surface area (TPSA) is 39.2 Å². The molecule has 0 bridgehead atoms. The van der Waals surface area contributed by atoms with Crippen LogP contribution in [0.25, 0.3) is 5.57 Å². The Bertz CT molecular complexity index is 754. The quantitative estimate of drug-likeness (QED) is 0.532. The molecule has 2 aromatic rings. The highest BCUT2D eigenvalue weighted by molar-refractivity contribution is 5.93. The van der Waals surface area contributed by atoms with E-state index in [0.717, 1.165) is 25.0 Å². The highest BCUT2D eigenvalue weighted by Gasteiger charge is 2.04. The molecule has 0 amide bonds. The summed E-state index contributed by atoms with van der Waals surface area (Å²) in [6.45, 7) is 8.10. The lowest BCUT2D eigenvalue weighted by atomic mass is 9.99. The van der Waals surface area contributed by atoms with Gasteiger partial charge < -0.3 is 4.74 Å². The Morgan fingerprint density at radius 2 is 1.96 bits per heavy atom. The fraction of sp³-hybridized carbons (Fsp3) is 0.391. The molecule has 1 aromatic carbocycles. The van der Waals surface area contributed by atoms with Crippen LogP contribution in [-0.2, 0) is 0 Å². The summed E-state index contributed by atoms with van der Waals surface area (Å²) in [4.78, 5) is 14.9. The summed E-state index contributed by atoms with van der Waals surface area (Å²) in [5.41, 5.74) is 2.99. The summed E-state index contributed by atoms with van der Waals surface area (Å²) in [5, 5.41) is 0. The van der Waals surface area contributed by atoms with Crippen LogP contribution in [0, 0.1) is 11.7 Å². The highest BCUT2D eigenvalue weighted by Crippen LogP contribution is 2.24. The molecule has 0 fully saturated rings. The lowest BCUT2D eigenvalue weighted by molar-refractivity contribution is 0.101. The van der Waals surface area contributed by atoms with Gasteiger partial charge in [0, 0.05) is 11.8 Å². The summed E-state index contributed by atoms with van der Waals surface area (Å²) >= 11 is 0. The molecule has 0 aliphatic rings. The smallest absolute Gasteiger partial charge is 0.159 e. The van der Waals surface area contributed by atoms with E-state index in [0.29, 0.717) is 11.5 Å². The fourth-order valence-corrected chi connectivity index (χ4v) is 2.43. The van der Waals surface area contributed by atoms with E-state index in [4.69, 9.17) is 4.74 Å². The molecule has 3 nitrogen and oxygen atoms in total. The number of benzene rings is 1. The molecular weight excluding hydrogens is 341 g/mol. The minimum Gasteiger partial charge on any atom is -0.495 e. The number of carbonyl (C=O) groups is 1. The highest BCUT2D eigenvalue weighted by atomic mass is 19.1. The van der Waals surface area contributed by atoms with E-state index >= 15 is 0 Å². The van der Waals surface area contributed by atoms with Crippen molar-refractivity contribution in [3.05, 3.63) is 65.7 Å². The first-order valence-electron chi connectivity index (χ1n) is 9.32. The summed E-state index contributed by atoms with van der Waals surface area (Å²) in [6, 6.07) is 7.71. The van der Waals surface area contributed by atoms with Gasteiger partial charge in [-0.1, -0.05) is 45.4 Å². The van der Waals surface area contributed by atoms with Gasteiger partial charge in [-0.25, -0.2) is 4.39 Å². The summed E-state index contributed by atoms with van der Waals surface area (Å²) in [7, 11) is 1.68. The molecule has 0 aliphatic heterocycles. The number of Topliss-reactive ketones (excluding diaryl/α,β-unsaturated/α-hetero) is 1. The number of hydrogen-bond donors (Lipinski definition) is 0. The number of hydrogen-bond acceptors (Lipinski definition) is 3. The van der Waals surface area contributed by atoms with Crippen LogP contribution in [0.5, 0.6) is 5.75 Å². The maximum absolute atomic E-state index is 12.4. The van der Waals surface area contributed by atoms with Crippen LogP contribution in [0.4, 0.5) is 4.39 Å². The van der Waals surface area contributed by atoms with Crippen molar-refractivity contribution in [3.63, 3.8) is 0 Å². The molecule has 27 heavy (non-hydrogen) atoms. The van der Waals surface area contributed by atoms with Crippen LogP contribution in [-0.4, -0.2) is 17.9 Å². The van der Waals surface area contributed by atoms with E-state index in [-0.39, 0.29) is 11.6 Å². The molecular formula is C23H30FNO2. The minimum absolute atomic E-state index is 0.112. The number of carbonyl (C=O) groups excluding carboxylic acids is 1.